The molecule has 6 nitrogen and oxygen atoms in total. The molecule has 0 fully saturated rings. The second-order valence-electron chi connectivity index (χ2n) is 4.29. The zero-order valence-electron chi connectivity index (χ0n) is 12.0. The first-order chi connectivity index (χ1) is 10.7. The molecule has 0 saturated heterocycles. The minimum atomic E-state index is -0.605. The third-order valence-electron chi connectivity index (χ3n) is 2.68. The van der Waals surface area contributed by atoms with Crippen molar-refractivity contribution in [1.29, 1.82) is 0 Å². The van der Waals surface area contributed by atoms with Crippen LogP contribution in [0.4, 0.5) is 4.79 Å². The van der Waals surface area contributed by atoms with Gasteiger partial charge in [-0.3, -0.25) is 10.1 Å². The lowest BCUT2D eigenvalue weighted by Gasteiger charge is -2.15. The first kappa shape index (κ1) is 16.0. The zero-order chi connectivity index (χ0) is 15.8. The number of hydrogen-bond acceptors (Lipinski definition) is 5. The molecule has 1 atom stereocenters. The highest BCUT2D eigenvalue weighted by atomic mass is 32.2. The van der Waals surface area contributed by atoms with Crippen LogP contribution in [-0.2, 0) is 4.79 Å². The maximum absolute atomic E-state index is 12.4. The highest BCUT2D eigenvalue weighted by Gasteiger charge is 2.24. The first-order valence-electron chi connectivity index (χ1n) is 6.78. The molecule has 22 heavy (non-hydrogen) atoms. The van der Waals surface area contributed by atoms with Gasteiger partial charge in [-0.15, -0.1) is 0 Å². The molecule has 0 spiro atoms. The van der Waals surface area contributed by atoms with E-state index in [4.69, 9.17) is 0 Å². The Hall–Kier alpha value is -2.41. The van der Waals surface area contributed by atoms with Crippen molar-refractivity contribution in [2.75, 3.05) is 6.54 Å². The van der Waals surface area contributed by atoms with Crippen molar-refractivity contribution in [3.8, 4) is 0 Å². The van der Waals surface area contributed by atoms with Gasteiger partial charge in [0, 0.05) is 18.9 Å². The molecule has 7 heteroatoms. The smallest absolute Gasteiger partial charge is 0.321 e. The lowest BCUT2D eigenvalue weighted by atomic mass is 10.1. The molecule has 0 saturated carbocycles. The Morgan fingerprint density at radius 2 is 1.82 bits per heavy atom. The van der Waals surface area contributed by atoms with Crippen LogP contribution in [0.5, 0.6) is 0 Å². The van der Waals surface area contributed by atoms with E-state index < -0.39 is 17.2 Å². The second-order valence-corrected chi connectivity index (χ2v) is 5.36. The first-order valence-corrected chi connectivity index (χ1v) is 7.66. The fourth-order valence-corrected chi connectivity index (χ4v) is 2.65. The number of rotatable bonds is 5. The van der Waals surface area contributed by atoms with E-state index in [1.807, 2.05) is 30.3 Å². The quantitative estimate of drug-likeness (QED) is 0.652. The number of urea groups is 1. The van der Waals surface area contributed by atoms with Crippen LogP contribution in [0.25, 0.3) is 0 Å². The van der Waals surface area contributed by atoms with E-state index in [2.05, 4.69) is 20.6 Å². The van der Waals surface area contributed by atoms with Crippen LogP contribution >= 0.6 is 11.8 Å². The summed E-state index contributed by atoms with van der Waals surface area (Å²) in [7, 11) is 0. The number of carbonyl (C=O) groups is 2. The number of carbonyl (C=O) groups excluding carboxylic acids is 2. The second kappa shape index (κ2) is 8.14. The Labute approximate surface area is 132 Å². The third kappa shape index (κ3) is 4.56. The van der Waals surface area contributed by atoms with Gasteiger partial charge in [0.1, 0.15) is 5.25 Å². The monoisotopic (exact) mass is 316 g/mol. The predicted octanol–water partition coefficient (Wildman–Crippen LogP) is 2.16. The summed E-state index contributed by atoms with van der Waals surface area (Å²) in [6, 6.07) is 10.4. The largest absolute Gasteiger partial charge is 0.338 e. The number of imide groups is 1. The molecule has 114 valence electrons. The molecular weight excluding hydrogens is 300 g/mol. The summed E-state index contributed by atoms with van der Waals surface area (Å²) in [6.45, 7) is 2.23. The maximum Gasteiger partial charge on any atom is 0.321 e. The van der Waals surface area contributed by atoms with E-state index >= 15 is 0 Å². The van der Waals surface area contributed by atoms with Gasteiger partial charge in [-0.1, -0.05) is 42.1 Å². The highest BCUT2D eigenvalue weighted by Crippen LogP contribution is 2.33. The fourth-order valence-electron chi connectivity index (χ4n) is 1.73. The molecule has 2 N–H and O–H groups in total. The van der Waals surface area contributed by atoms with Crippen LogP contribution in [0.3, 0.4) is 0 Å². The Balaban J connectivity index is 2.18. The van der Waals surface area contributed by atoms with Gasteiger partial charge in [0.2, 0.25) is 5.91 Å². The van der Waals surface area contributed by atoms with Crippen molar-refractivity contribution in [2.45, 2.75) is 17.3 Å². The molecule has 1 heterocycles. The molecule has 0 aliphatic rings. The Kier molecular flexibility index (Phi) is 5.91. The van der Waals surface area contributed by atoms with Crippen molar-refractivity contribution in [2.24, 2.45) is 0 Å². The van der Waals surface area contributed by atoms with Crippen LogP contribution in [-0.4, -0.2) is 28.5 Å². The van der Waals surface area contributed by atoms with Crippen LogP contribution in [0.15, 0.2) is 53.9 Å². The number of thioether (sulfide) groups is 1. The predicted molar refractivity (Wildman–Crippen MR) is 84.3 cm³/mol. The Morgan fingerprint density at radius 3 is 2.45 bits per heavy atom. The fraction of sp³-hybridized carbons (Fsp3) is 0.200. The summed E-state index contributed by atoms with van der Waals surface area (Å²) in [6.07, 6.45) is 3.22. The van der Waals surface area contributed by atoms with Gasteiger partial charge in [-0.2, -0.15) is 0 Å². The molecule has 0 aliphatic heterocycles. The third-order valence-corrected chi connectivity index (χ3v) is 3.82. The van der Waals surface area contributed by atoms with Crippen molar-refractivity contribution >= 4 is 23.7 Å². The lowest BCUT2D eigenvalue weighted by molar-refractivity contribution is -0.119. The number of nitrogens with one attached hydrogen (secondary N) is 2. The summed E-state index contributed by atoms with van der Waals surface area (Å²) in [5.74, 6) is -0.408. The van der Waals surface area contributed by atoms with Crippen molar-refractivity contribution in [3.05, 3.63) is 54.4 Å². The van der Waals surface area contributed by atoms with Gasteiger partial charge in [0.15, 0.2) is 5.16 Å². The van der Waals surface area contributed by atoms with Crippen LogP contribution in [0, 0.1) is 0 Å². The van der Waals surface area contributed by atoms with Gasteiger partial charge in [0.25, 0.3) is 0 Å². The van der Waals surface area contributed by atoms with Crippen molar-refractivity contribution in [3.63, 3.8) is 0 Å². The topological polar surface area (TPSA) is 84.0 Å². The molecule has 1 aromatic carbocycles. The summed E-state index contributed by atoms with van der Waals surface area (Å²) in [5.41, 5.74) is 0.779. The molecule has 0 radical (unpaired) electrons. The van der Waals surface area contributed by atoms with E-state index in [-0.39, 0.29) is 0 Å². The average Bonchev–Trinajstić information content (AvgIpc) is 2.54. The van der Waals surface area contributed by atoms with Gasteiger partial charge < -0.3 is 5.32 Å². The van der Waals surface area contributed by atoms with Crippen LogP contribution < -0.4 is 10.6 Å². The number of aromatic nitrogens is 2. The SMILES string of the molecule is CCNC(=O)NC(=O)[C@H](Sc1ncccn1)c1ccccc1. The van der Waals surface area contributed by atoms with Crippen LogP contribution in [0.1, 0.15) is 17.7 Å². The molecule has 3 amide bonds. The summed E-state index contributed by atoms with van der Waals surface area (Å²) in [5, 5.41) is 4.74. The summed E-state index contributed by atoms with van der Waals surface area (Å²) in [4.78, 5) is 32.2. The zero-order valence-corrected chi connectivity index (χ0v) is 12.8. The summed E-state index contributed by atoms with van der Waals surface area (Å²) >= 11 is 1.20. The molecule has 2 rings (SSSR count). The van der Waals surface area contributed by atoms with E-state index in [1.54, 1.807) is 25.4 Å². The van der Waals surface area contributed by atoms with Gasteiger partial charge in [0.05, 0.1) is 0 Å². The van der Waals surface area contributed by atoms with Crippen LogP contribution in [0.2, 0.25) is 0 Å². The Morgan fingerprint density at radius 1 is 1.14 bits per heavy atom. The molecule has 2 aromatic rings. The minimum absolute atomic E-state index is 0.408. The number of nitrogens with zero attached hydrogens (tertiary/aromatic N) is 2. The lowest BCUT2D eigenvalue weighted by Crippen LogP contribution is -2.41. The molecule has 0 bridgehead atoms. The Bertz CT molecular complexity index is 622. The van der Waals surface area contributed by atoms with E-state index in [9.17, 15) is 9.59 Å². The van der Waals surface area contributed by atoms with Crippen molar-refractivity contribution < 1.29 is 9.59 Å². The van der Waals surface area contributed by atoms with E-state index in [0.29, 0.717) is 11.7 Å². The molecule has 0 aliphatic carbocycles. The molecule has 1 aromatic heterocycles. The average molecular weight is 316 g/mol. The number of amides is 3. The standard InChI is InChI=1S/C15H16N4O2S/c1-2-16-14(21)19-13(20)12(11-7-4-3-5-8-11)22-15-17-9-6-10-18-15/h3-10,12H,2H2,1H3,(H2,16,19,20,21)/t12-/m1/s1. The van der Waals surface area contributed by atoms with Crippen molar-refractivity contribution in [1.82, 2.24) is 20.6 Å². The highest BCUT2D eigenvalue weighted by molar-refractivity contribution is 8.00. The normalized spacial score (nSPS) is 11.5. The minimum Gasteiger partial charge on any atom is -0.338 e. The van der Waals surface area contributed by atoms with Gasteiger partial charge in [-0.05, 0) is 18.6 Å². The number of hydrogen-bond donors (Lipinski definition) is 2. The molecule has 0 unspecified atom stereocenters. The van der Waals surface area contributed by atoms with Gasteiger partial charge >= 0.3 is 6.03 Å². The van der Waals surface area contributed by atoms with E-state index in [1.165, 1.54) is 11.8 Å². The maximum atomic E-state index is 12.4. The van der Waals surface area contributed by atoms with E-state index in [0.717, 1.165) is 5.56 Å². The van der Waals surface area contributed by atoms with Gasteiger partial charge in [-0.25, -0.2) is 14.8 Å². The molecular formula is C15H16N4O2S. The number of benzene rings is 1. The summed E-state index contributed by atoms with van der Waals surface area (Å²) < 4.78 is 0.